The third kappa shape index (κ3) is 3.03. The first-order valence-electron chi connectivity index (χ1n) is 11.0. The number of aliphatic hydroxyl groups is 1. The van der Waals surface area contributed by atoms with Crippen LogP contribution in [-0.4, -0.2) is 36.9 Å². The van der Waals surface area contributed by atoms with Crippen molar-refractivity contribution >= 4 is 28.5 Å². The Balaban J connectivity index is 1.35. The van der Waals surface area contributed by atoms with E-state index in [2.05, 4.69) is 46.0 Å². The number of aryl methyl sites for hydroxylation is 2. The lowest BCUT2D eigenvalue weighted by atomic mass is 9.52. The predicted molar refractivity (Wildman–Crippen MR) is 117 cm³/mol. The van der Waals surface area contributed by atoms with Crippen molar-refractivity contribution in [1.82, 2.24) is 20.2 Å². The molecule has 4 saturated carbocycles. The molecule has 2 unspecified atom stereocenters. The SMILES string of the molecule is Cc1ccc2c(Nc3cc(C)[nH]n3)nc(NC3C4CC5CC3CC(O)(C5)C4)nc2c1. The minimum atomic E-state index is -0.430. The lowest BCUT2D eigenvalue weighted by Gasteiger charge is -2.58. The van der Waals surface area contributed by atoms with E-state index < -0.39 is 5.60 Å². The smallest absolute Gasteiger partial charge is 0.225 e. The number of rotatable bonds is 4. The predicted octanol–water partition coefficient (Wildman–Crippen LogP) is 4.06. The van der Waals surface area contributed by atoms with Crippen LogP contribution < -0.4 is 10.6 Å². The summed E-state index contributed by atoms with van der Waals surface area (Å²) in [6.07, 6.45) is 5.22. The van der Waals surface area contributed by atoms with Gasteiger partial charge in [0, 0.05) is 23.2 Å². The highest BCUT2D eigenvalue weighted by Crippen LogP contribution is 2.56. The number of hydrogen-bond donors (Lipinski definition) is 4. The van der Waals surface area contributed by atoms with Gasteiger partial charge in [0.2, 0.25) is 5.95 Å². The van der Waals surface area contributed by atoms with Gasteiger partial charge in [0.05, 0.1) is 11.1 Å². The van der Waals surface area contributed by atoms with Crippen LogP contribution in [0.25, 0.3) is 10.9 Å². The number of nitrogens with one attached hydrogen (secondary N) is 3. The van der Waals surface area contributed by atoms with Gasteiger partial charge in [-0.1, -0.05) is 6.07 Å². The first kappa shape index (κ1) is 18.1. The summed E-state index contributed by atoms with van der Waals surface area (Å²) >= 11 is 0. The first-order chi connectivity index (χ1) is 14.4. The van der Waals surface area contributed by atoms with Crippen LogP contribution in [0.1, 0.15) is 43.4 Å². The maximum absolute atomic E-state index is 10.9. The highest BCUT2D eigenvalue weighted by molar-refractivity contribution is 5.91. The van der Waals surface area contributed by atoms with Crippen molar-refractivity contribution in [3.05, 3.63) is 35.5 Å². The van der Waals surface area contributed by atoms with Gasteiger partial charge < -0.3 is 15.7 Å². The first-order valence-corrected chi connectivity index (χ1v) is 11.0. The van der Waals surface area contributed by atoms with Crippen molar-refractivity contribution in [2.75, 3.05) is 10.6 Å². The number of hydrogen-bond acceptors (Lipinski definition) is 6. The average Bonchev–Trinajstić information content (AvgIpc) is 3.08. The van der Waals surface area contributed by atoms with Gasteiger partial charge in [0.25, 0.3) is 0 Å². The summed E-state index contributed by atoms with van der Waals surface area (Å²) in [5.41, 5.74) is 2.66. The van der Waals surface area contributed by atoms with Gasteiger partial charge >= 0.3 is 0 Å². The standard InChI is InChI=1S/C23H28N6O/c1-12-3-4-17-18(5-12)24-22(27-21(17)25-19-6-13(2)28-29-19)26-20-15-7-14-8-16(20)11-23(30,9-14)10-15/h3-6,14-16,20,30H,7-11H2,1-2H3,(H3,24,25,26,27,28,29). The zero-order valence-corrected chi connectivity index (χ0v) is 17.4. The van der Waals surface area contributed by atoms with Crippen molar-refractivity contribution in [1.29, 1.82) is 0 Å². The lowest BCUT2D eigenvalue weighted by molar-refractivity contribution is -0.129. The second-order valence-corrected chi connectivity index (χ2v) is 9.84. The molecule has 7 nitrogen and oxygen atoms in total. The molecule has 2 aromatic heterocycles. The maximum Gasteiger partial charge on any atom is 0.225 e. The largest absolute Gasteiger partial charge is 0.390 e. The third-order valence-electron chi connectivity index (χ3n) is 7.34. The second kappa shape index (κ2) is 6.41. The van der Waals surface area contributed by atoms with E-state index in [4.69, 9.17) is 9.97 Å². The van der Waals surface area contributed by atoms with Crippen LogP contribution in [0.2, 0.25) is 0 Å². The van der Waals surface area contributed by atoms with Gasteiger partial charge in [-0.2, -0.15) is 10.1 Å². The highest BCUT2D eigenvalue weighted by atomic mass is 16.3. The lowest BCUT2D eigenvalue weighted by Crippen LogP contribution is -2.59. The third-order valence-corrected chi connectivity index (χ3v) is 7.34. The van der Waals surface area contributed by atoms with E-state index in [-0.39, 0.29) is 0 Å². The van der Waals surface area contributed by atoms with E-state index in [1.54, 1.807) is 0 Å². The molecule has 7 heteroatoms. The number of fused-ring (bicyclic) bond motifs is 1. The second-order valence-electron chi connectivity index (χ2n) is 9.84. The molecule has 2 heterocycles. The molecule has 1 aromatic carbocycles. The summed E-state index contributed by atoms with van der Waals surface area (Å²) in [6.45, 7) is 4.06. The van der Waals surface area contributed by atoms with E-state index in [1.165, 1.54) is 18.4 Å². The Morgan fingerprint density at radius 2 is 1.87 bits per heavy atom. The molecule has 4 fully saturated rings. The Morgan fingerprint density at radius 3 is 2.57 bits per heavy atom. The number of aromatic nitrogens is 4. The molecule has 4 aliphatic rings. The zero-order chi connectivity index (χ0) is 20.5. The van der Waals surface area contributed by atoms with Crippen LogP contribution in [0.3, 0.4) is 0 Å². The number of nitrogens with zero attached hydrogens (tertiary/aromatic N) is 3. The summed E-state index contributed by atoms with van der Waals surface area (Å²) < 4.78 is 0. The number of benzene rings is 1. The molecule has 2 atom stereocenters. The van der Waals surface area contributed by atoms with E-state index >= 15 is 0 Å². The van der Waals surface area contributed by atoms with Crippen LogP contribution in [0.4, 0.5) is 17.6 Å². The van der Waals surface area contributed by atoms with Crippen LogP contribution in [0.15, 0.2) is 24.3 Å². The minimum absolute atomic E-state index is 0.338. The van der Waals surface area contributed by atoms with Crippen molar-refractivity contribution < 1.29 is 5.11 Å². The van der Waals surface area contributed by atoms with Crippen molar-refractivity contribution in [3.8, 4) is 0 Å². The van der Waals surface area contributed by atoms with E-state index in [0.29, 0.717) is 29.7 Å². The van der Waals surface area contributed by atoms with Gasteiger partial charge in [0.1, 0.15) is 5.82 Å². The van der Waals surface area contributed by atoms with E-state index in [0.717, 1.165) is 47.5 Å². The molecular formula is C23H28N6O. The molecule has 156 valence electrons. The van der Waals surface area contributed by atoms with Crippen LogP contribution >= 0.6 is 0 Å². The van der Waals surface area contributed by atoms with Crippen LogP contribution in [0.5, 0.6) is 0 Å². The highest BCUT2D eigenvalue weighted by Gasteiger charge is 2.54. The van der Waals surface area contributed by atoms with Crippen LogP contribution in [-0.2, 0) is 0 Å². The van der Waals surface area contributed by atoms with Crippen molar-refractivity contribution in [3.63, 3.8) is 0 Å². The van der Waals surface area contributed by atoms with Gasteiger partial charge in [-0.05, 0) is 81.4 Å². The van der Waals surface area contributed by atoms with Crippen molar-refractivity contribution in [2.45, 2.75) is 57.6 Å². The summed E-state index contributed by atoms with van der Waals surface area (Å²) in [6, 6.07) is 8.55. The maximum atomic E-state index is 10.9. The minimum Gasteiger partial charge on any atom is -0.390 e. The summed E-state index contributed by atoms with van der Waals surface area (Å²) in [5.74, 6) is 3.86. The molecule has 7 rings (SSSR count). The molecule has 4 N–H and O–H groups in total. The monoisotopic (exact) mass is 404 g/mol. The van der Waals surface area contributed by atoms with Crippen LogP contribution in [0, 0.1) is 31.6 Å². The molecule has 3 aromatic rings. The normalized spacial score (nSPS) is 32.0. The molecule has 0 amide bonds. The molecule has 30 heavy (non-hydrogen) atoms. The fourth-order valence-electron chi connectivity index (χ4n) is 6.37. The molecule has 4 aliphatic carbocycles. The Kier molecular flexibility index (Phi) is 3.87. The summed E-state index contributed by atoms with van der Waals surface area (Å²) in [4.78, 5) is 9.71. The van der Waals surface area contributed by atoms with Gasteiger partial charge in [-0.15, -0.1) is 0 Å². The number of anilines is 3. The topological polar surface area (TPSA) is 98.8 Å². The van der Waals surface area contributed by atoms with Gasteiger partial charge in [-0.3, -0.25) is 5.10 Å². The average molecular weight is 405 g/mol. The molecular weight excluding hydrogens is 376 g/mol. The molecule has 0 radical (unpaired) electrons. The molecule has 0 aliphatic heterocycles. The molecule has 4 bridgehead atoms. The summed E-state index contributed by atoms with van der Waals surface area (Å²) in [7, 11) is 0. The quantitative estimate of drug-likeness (QED) is 0.523. The molecule has 0 spiro atoms. The Morgan fingerprint density at radius 1 is 1.07 bits per heavy atom. The fraction of sp³-hybridized carbons (Fsp3) is 0.522. The fourth-order valence-corrected chi connectivity index (χ4v) is 6.37. The number of H-pyrrole nitrogens is 1. The zero-order valence-electron chi connectivity index (χ0n) is 17.4. The number of aromatic amines is 1. The van der Waals surface area contributed by atoms with Gasteiger partial charge in [0.15, 0.2) is 5.82 Å². The van der Waals surface area contributed by atoms with E-state index in [9.17, 15) is 5.11 Å². The summed E-state index contributed by atoms with van der Waals surface area (Å²) in [5, 5.41) is 26.2. The molecule has 0 saturated heterocycles. The Labute approximate surface area is 175 Å². The van der Waals surface area contributed by atoms with Crippen molar-refractivity contribution in [2.24, 2.45) is 17.8 Å². The Hall–Kier alpha value is -2.67. The Bertz CT molecular complexity index is 1110. The van der Waals surface area contributed by atoms with E-state index in [1.807, 2.05) is 13.0 Å². The van der Waals surface area contributed by atoms with Gasteiger partial charge in [-0.25, -0.2) is 4.98 Å².